The van der Waals surface area contributed by atoms with Crippen molar-refractivity contribution in [1.29, 1.82) is 0 Å². The SMILES string of the molecule is CC(=O)N1CCN(C(=O)CCNC(=O)[C@@H]2CCC[C@@H]2CN)CC1.Cl. The molecule has 2 atom stereocenters. The lowest BCUT2D eigenvalue weighted by atomic mass is 9.95. The van der Waals surface area contributed by atoms with E-state index in [4.69, 9.17) is 5.73 Å². The average molecular weight is 361 g/mol. The van der Waals surface area contributed by atoms with Crippen molar-refractivity contribution >= 4 is 30.1 Å². The Labute approximate surface area is 149 Å². The number of halogens is 1. The summed E-state index contributed by atoms with van der Waals surface area (Å²) in [7, 11) is 0. The molecular formula is C16H29ClN4O3. The van der Waals surface area contributed by atoms with Gasteiger partial charge >= 0.3 is 0 Å². The van der Waals surface area contributed by atoms with Crippen LogP contribution in [0.2, 0.25) is 0 Å². The summed E-state index contributed by atoms with van der Waals surface area (Å²) in [4.78, 5) is 39.1. The lowest BCUT2D eigenvalue weighted by Gasteiger charge is -2.34. The number of carbonyl (C=O) groups is 3. The fourth-order valence-electron chi connectivity index (χ4n) is 3.52. The Morgan fingerprint density at radius 2 is 1.71 bits per heavy atom. The molecule has 0 aromatic rings. The van der Waals surface area contributed by atoms with Crippen LogP contribution >= 0.6 is 12.4 Å². The molecule has 24 heavy (non-hydrogen) atoms. The Morgan fingerprint density at radius 1 is 1.08 bits per heavy atom. The summed E-state index contributed by atoms with van der Waals surface area (Å²) in [6, 6.07) is 0. The number of hydrogen-bond acceptors (Lipinski definition) is 4. The zero-order valence-electron chi connectivity index (χ0n) is 14.3. The van der Waals surface area contributed by atoms with E-state index in [9.17, 15) is 14.4 Å². The molecule has 2 aliphatic rings. The largest absolute Gasteiger partial charge is 0.355 e. The van der Waals surface area contributed by atoms with E-state index in [1.165, 1.54) is 0 Å². The highest BCUT2D eigenvalue weighted by Gasteiger charge is 2.31. The van der Waals surface area contributed by atoms with Crippen LogP contribution in [0.1, 0.15) is 32.6 Å². The first kappa shape index (κ1) is 20.7. The summed E-state index contributed by atoms with van der Waals surface area (Å²) in [6.45, 7) is 4.80. The van der Waals surface area contributed by atoms with Gasteiger partial charge in [0, 0.05) is 52.0 Å². The predicted octanol–water partition coefficient (Wildman–Crippen LogP) is -0.0198. The van der Waals surface area contributed by atoms with Crippen LogP contribution in [-0.4, -0.2) is 66.8 Å². The minimum absolute atomic E-state index is 0. The molecule has 0 radical (unpaired) electrons. The first-order valence-corrected chi connectivity index (χ1v) is 8.54. The molecule has 1 heterocycles. The standard InChI is InChI=1S/C16H28N4O3.ClH/c1-12(21)19-7-9-20(10-8-19)15(22)5-6-18-16(23)14-4-2-3-13(14)11-17;/h13-14H,2-11,17H2,1H3,(H,18,23);1H/t13-,14-;/m1./s1. The van der Waals surface area contributed by atoms with Crippen LogP contribution < -0.4 is 11.1 Å². The molecule has 1 aliphatic carbocycles. The molecule has 0 unspecified atom stereocenters. The van der Waals surface area contributed by atoms with Gasteiger partial charge in [0.2, 0.25) is 17.7 Å². The zero-order chi connectivity index (χ0) is 16.8. The van der Waals surface area contributed by atoms with E-state index in [0.29, 0.717) is 45.7 Å². The zero-order valence-corrected chi connectivity index (χ0v) is 15.1. The van der Waals surface area contributed by atoms with Crippen molar-refractivity contribution in [1.82, 2.24) is 15.1 Å². The normalized spacial score (nSPS) is 23.6. The monoisotopic (exact) mass is 360 g/mol. The number of nitrogens with two attached hydrogens (primary N) is 1. The van der Waals surface area contributed by atoms with Crippen LogP contribution in [0, 0.1) is 11.8 Å². The van der Waals surface area contributed by atoms with Gasteiger partial charge in [0.25, 0.3) is 0 Å². The number of piperazine rings is 1. The molecule has 2 fully saturated rings. The van der Waals surface area contributed by atoms with E-state index in [1.807, 2.05) is 0 Å². The van der Waals surface area contributed by atoms with Crippen LogP contribution in [0.5, 0.6) is 0 Å². The maximum absolute atomic E-state index is 12.2. The second-order valence-corrected chi connectivity index (χ2v) is 6.46. The first-order chi connectivity index (χ1) is 11.0. The molecule has 138 valence electrons. The first-order valence-electron chi connectivity index (χ1n) is 8.54. The van der Waals surface area contributed by atoms with Crippen LogP contribution in [0.4, 0.5) is 0 Å². The predicted molar refractivity (Wildman–Crippen MR) is 93.6 cm³/mol. The summed E-state index contributed by atoms with van der Waals surface area (Å²) in [5.41, 5.74) is 5.70. The number of carbonyl (C=O) groups excluding carboxylic acids is 3. The number of rotatable bonds is 5. The third-order valence-corrected chi connectivity index (χ3v) is 5.01. The molecule has 1 aliphatic heterocycles. The minimum Gasteiger partial charge on any atom is -0.355 e. The van der Waals surface area contributed by atoms with Crippen LogP contribution in [0.25, 0.3) is 0 Å². The second kappa shape index (κ2) is 9.84. The Morgan fingerprint density at radius 3 is 2.29 bits per heavy atom. The average Bonchev–Trinajstić information content (AvgIpc) is 3.03. The van der Waals surface area contributed by atoms with E-state index >= 15 is 0 Å². The molecule has 0 spiro atoms. The fourth-order valence-corrected chi connectivity index (χ4v) is 3.52. The van der Waals surface area contributed by atoms with Crippen molar-refractivity contribution in [2.24, 2.45) is 17.6 Å². The summed E-state index contributed by atoms with van der Waals surface area (Å²) in [5, 5.41) is 2.88. The molecule has 8 heteroatoms. The Kier molecular flexibility index (Phi) is 8.48. The van der Waals surface area contributed by atoms with Crippen molar-refractivity contribution in [2.45, 2.75) is 32.6 Å². The summed E-state index contributed by atoms with van der Waals surface area (Å²) in [6.07, 6.45) is 3.29. The van der Waals surface area contributed by atoms with Gasteiger partial charge in [-0.2, -0.15) is 0 Å². The van der Waals surface area contributed by atoms with E-state index in [2.05, 4.69) is 5.32 Å². The Balaban J connectivity index is 0.00000288. The van der Waals surface area contributed by atoms with Crippen molar-refractivity contribution in [2.75, 3.05) is 39.3 Å². The van der Waals surface area contributed by atoms with E-state index < -0.39 is 0 Å². The Bertz CT molecular complexity index is 453. The lowest BCUT2D eigenvalue weighted by molar-refractivity contribution is -0.138. The quantitative estimate of drug-likeness (QED) is 0.720. The molecule has 3 N–H and O–H groups in total. The van der Waals surface area contributed by atoms with Gasteiger partial charge in [-0.05, 0) is 25.3 Å². The highest BCUT2D eigenvalue weighted by Crippen LogP contribution is 2.30. The third kappa shape index (κ3) is 5.34. The van der Waals surface area contributed by atoms with Gasteiger partial charge < -0.3 is 20.9 Å². The van der Waals surface area contributed by atoms with Gasteiger partial charge in [-0.25, -0.2) is 0 Å². The van der Waals surface area contributed by atoms with Crippen LogP contribution in [-0.2, 0) is 14.4 Å². The van der Waals surface area contributed by atoms with Gasteiger partial charge in [0.15, 0.2) is 0 Å². The van der Waals surface area contributed by atoms with E-state index in [-0.39, 0.29) is 42.0 Å². The molecule has 1 saturated carbocycles. The highest BCUT2D eigenvalue weighted by molar-refractivity contribution is 5.85. The molecule has 0 bridgehead atoms. The topological polar surface area (TPSA) is 95.7 Å². The maximum Gasteiger partial charge on any atom is 0.224 e. The van der Waals surface area contributed by atoms with E-state index in [0.717, 1.165) is 19.3 Å². The number of nitrogens with one attached hydrogen (secondary N) is 1. The molecule has 0 aromatic carbocycles. The summed E-state index contributed by atoms with van der Waals surface area (Å²) >= 11 is 0. The van der Waals surface area contributed by atoms with Crippen molar-refractivity contribution in [3.63, 3.8) is 0 Å². The van der Waals surface area contributed by atoms with Crippen molar-refractivity contribution < 1.29 is 14.4 Å². The Hall–Kier alpha value is -1.34. The minimum atomic E-state index is 0. The smallest absolute Gasteiger partial charge is 0.224 e. The molecular weight excluding hydrogens is 332 g/mol. The van der Waals surface area contributed by atoms with Gasteiger partial charge in [-0.15, -0.1) is 12.4 Å². The maximum atomic E-state index is 12.2. The summed E-state index contributed by atoms with van der Waals surface area (Å²) < 4.78 is 0. The van der Waals surface area contributed by atoms with Crippen molar-refractivity contribution in [3.05, 3.63) is 0 Å². The van der Waals surface area contributed by atoms with Crippen molar-refractivity contribution in [3.8, 4) is 0 Å². The van der Waals surface area contributed by atoms with Gasteiger partial charge in [-0.3, -0.25) is 14.4 Å². The molecule has 3 amide bonds. The molecule has 1 saturated heterocycles. The second-order valence-electron chi connectivity index (χ2n) is 6.46. The van der Waals surface area contributed by atoms with Crippen LogP contribution in [0.15, 0.2) is 0 Å². The third-order valence-electron chi connectivity index (χ3n) is 5.01. The van der Waals surface area contributed by atoms with Gasteiger partial charge in [0.05, 0.1) is 0 Å². The van der Waals surface area contributed by atoms with Gasteiger partial charge in [-0.1, -0.05) is 6.42 Å². The molecule has 7 nitrogen and oxygen atoms in total. The highest BCUT2D eigenvalue weighted by atomic mass is 35.5. The molecule has 0 aromatic heterocycles. The summed E-state index contributed by atoms with van der Waals surface area (Å²) in [5.74, 6) is 0.414. The fraction of sp³-hybridized carbons (Fsp3) is 0.812. The number of nitrogens with zero attached hydrogens (tertiary/aromatic N) is 2. The lowest BCUT2D eigenvalue weighted by Crippen LogP contribution is -2.50. The van der Waals surface area contributed by atoms with Gasteiger partial charge in [0.1, 0.15) is 0 Å². The number of hydrogen-bond donors (Lipinski definition) is 2. The van der Waals surface area contributed by atoms with Crippen LogP contribution in [0.3, 0.4) is 0 Å². The van der Waals surface area contributed by atoms with E-state index in [1.54, 1.807) is 16.7 Å². The number of amides is 3. The molecule has 2 rings (SSSR count).